The predicted molar refractivity (Wildman–Crippen MR) is 72.5 cm³/mol. The summed E-state index contributed by atoms with van der Waals surface area (Å²) in [6.07, 6.45) is 0. The number of alkyl halides is 2. The van der Waals surface area contributed by atoms with Crippen molar-refractivity contribution in [2.45, 2.75) is 6.61 Å². The van der Waals surface area contributed by atoms with Crippen LogP contribution < -0.4 is 4.74 Å². The van der Waals surface area contributed by atoms with E-state index in [-0.39, 0.29) is 23.8 Å². The molecule has 1 N–H and O–H groups in total. The Morgan fingerprint density at radius 2 is 1.90 bits per heavy atom. The maximum absolute atomic E-state index is 12.4. The fourth-order valence-corrected chi connectivity index (χ4v) is 2.33. The summed E-state index contributed by atoms with van der Waals surface area (Å²) in [5, 5.41) is 8.88. The van der Waals surface area contributed by atoms with E-state index < -0.39 is 6.61 Å². The lowest BCUT2D eigenvalue weighted by Crippen LogP contribution is -2.49. The Kier molecular flexibility index (Phi) is 5.46. The van der Waals surface area contributed by atoms with Crippen molar-refractivity contribution in [2.75, 3.05) is 39.3 Å². The van der Waals surface area contributed by atoms with Gasteiger partial charge in [-0.05, 0) is 12.1 Å². The fraction of sp³-hybridized carbons (Fsp3) is 0.500. The number of β-amino-alcohol motifs (C(OH)–C–C–N with tert-alkyl or cyclic N) is 1. The van der Waals surface area contributed by atoms with Crippen LogP contribution in [0.3, 0.4) is 0 Å². The summed E-state index contributed by atoms with van der Waals surface area (Å²) in [6, 6.07) is 6.02. The quantitative estimate of drug-likeness (QED) is 0.883. The van der Waals surface area contributed by atoms with Crippen molar-refractivity contribution in [1.82, 2.24) is 9.80 Å². The number of amides is 1. The Bertz CT molecular complexity index is 477. The Balaban J connectivity index is 2.04. The summed E-state index contributed by atoms with van der Waals surface area (Å²) in [5.41, 5.74) is 0.147. The summed E-state index contributed by atoms with van der Waals surface area (Å²) in [4.78, 5) is 16.1. The van der Waals surface area contributed by atoms with Gasteiger partial charge in [0.25, 0.3) is 5.91 Å². The molecule has 116 valence electrons. The number of hydrogen-bond acceptors (Lipinski definition) is 4. The van der Waals surface area contributed by atoms with E-state index in [1.54, 1.807) is 17.0 Å². The van der Waals surface area contributed by atoms with Gasteiger partial charge in [-0.3, -0.25) is 9.69 Å². The van der Waals surface area contributed by atoms with Gasteiger partial charge in [0.15, 0.2) is 0 Å². The van der Waals surface area contributed by atoms with E-state index >= 15 is 0 Å². The maximum atomic E-state index is 12.4. The van der Waals surface area contributed by atoms with Crippen LogP contribution in [0, 0.1) is 0 Å². The minimum absolute atomic E-state index is 0.0823. The number of para-hydroxylation sites is 1. The van der Waals surface area contributed by atoms with Gasteiger partial charge in [0.05, 0.1) is 12.2 Å². The molecule has 21 heavy (non-hydrogen) atoms. The van der Waals surface area contributed by atoms with Crippen molar-refractivity contribution in [2.24, 2.45) is 0 Å². The predicted octanol–water partition coefficient (Wildman–Crippen LogP) is 1.04. The molecule has 1 aliphatic rings. The number of nitrogens with zero attached hydrogens (tertiary/aromatic N) is 2. The number of piperazine rings is 1. The lowest BCUT2D eigenvalue weighted by Gasteiger charge is -2.34. The third-order valence-electron chi connectivity index (χ3n) is 3.41. The van der Waals surface area contributed by atoms with Crippen molar-refractivity contribution >= 4 is 5.91 Å². The molecule has 5 nitrogen and oxygen atoms in total. The van der Waals surface area contributed by atoms with Crippen LogP contribution in [0.2, 0.25) is 0 Å². The molecule has 1 aromatic rings. The normalized spacial score (nSPS) is 16.3. The number of aliphatic hydroxyl groups is 1. The van der Waals surface area contributed by atoms with E-state index in [2.05, 4.69) is 4.74 Å². The van der Waals surface area contributed by atoms with Crippen molar-refractivity contribution < 1.29 is 23.4 Å². The van der Waals surface area contributed by atoms with E-state index in [1.165, 1.54) is 12.1 Å². The van der Waals surface area contributed by atoms with Crippen LogP contribution in [0.1, 0.15) is 10.4 Å². The van der Waals surface area contributed by atoms with Gasteiger partial charge in [0, 0.05) is 32.7 Å². The molecular weight excluding hydrogens is 282 g/mol. The van der Waals surface area contributed by atoms with E-state index in [0.29, 0.717) is 32.7 Å². The molecule has 1 aliphatic heterocycles. The minimum Gasteiger partial charge on any atom is -0.434 e. The molecule has 7 heteroatoms. The van der Waals surface area contributed by atoms with Crippen LogP contribution in [-0.4, -0.2) is 66.8 Å². The zero-order valence-electron chi connectivity index (χ0n) is 11.5. The summed E-state index contributed by atoms with van der Waals surface area (Å²) < 4.78 is 29.1. The molecule has 1 saturated heterocycles. The second-order valence-electron chi connectivity index (χ2n) is 4.73. The van der Waals surface area contributed by atoms with Crippen molar-refractivity contribution in [3.8, 4) is 5.75 Å². The number of hydrogen-bond donors (Lipinski definition) is 1. The SMILES string of the molecule is O=C(c1ccccc1OC(F)F)N1CCN(CCO)CC1. The van der Waals surface area contributed by atoms with Gasteiger partial charge in [-0.1, -0.05) is 12.1 Å². The molecule has 0 bridgehead atoms. The molecule has 0 aromatic heterocycles. The van der Waals surface area contributed by atoms with Crippen LogP contribution in [0.25, 0.3) is 0 Å². The van der Waals surface area contributed by atoms with E-state index in [4.69, 9.17) is 5.11 Å². The Morgan fingerprint density at radius 3 is 2.52 bits per heavy atom. The van der Waals surface area contributed by atoms with Crippen LogP contribution in [0.15, 0.2) is 24.3 Å². The number of aliphatic hydroxyl groups excluding tert-OH is 1. The zero-order chi connectivity index (χ0) is 15.2. The number of carbonyl (C=O) groups is 1. The Morgan fingerprint density at radius 1 is 1.24 bits per heavy atom. The van der Waals surface area contributed by atoms with Gasteiger partial charge >= 0.3 is 6.61 Å². The summed E-state index contributed by atoms with van der Waals surface area (Å²) in [7, 11) is 0. The van der Waals surface area contributed by atoms with E-state index in [9.17, 15) is 13.6 Å². The van der Waals surface area contributed by atoms with Gasteiger partial charge in [-0.15, -0.1) is 0 Å². The monoisotopic (exact) mass is 300 g/mol. The molecule has 0 saturated carbocycles. The molecule has 1 amide bonds. The van der Waals surface area contributed by atoms with Crippen LogP contribution in [0.5, 0.6) is 5.75 Å². The average molecular weight is 300 g/mol. The topological polar surface area (TPSA) is 53.0 Å². The average Bonchev–Trinajstić information content (AvgIpc) is 2.48. The van der Waals surface area contributed by atoms with Crippen molar-refractivity contribution in [1.29, 1.82) is 0 Å². The van der Waals surface area contributed by atoms with Crippen LogP contribution >= 0.6 is 0 Å². The highest BCUT2D eigenvalue weighted by Crippen LogP contribution is 2.22. The molecule has 2 rings (SSSR count). The first-order valence-electron chi connectivity index (χ1n) is 6.78. The molecule has 0 atom stereocenters. The molecule has 0 spiro atoms. The largest absolute Gasteiger partial charge is 0.434 e. The van der Waals surface area contributed by atoms with Gasteiger partial charge in [-0.25, -0.2) is 0 Å². The Labute approximate surface area is 121 Å². The molecule has 0 radical (unpaired) electrons. The highest BCUT2D eigenvalue weighted by atomic mass is 19.3. The van der Waals surface area contributed by atoms with Gasteiger partial charge in [0.2, 0.25) is 0 Å². The summed E-state index contributed by atoms with van der Waals surface area (Å²) in [6.45, 7) is 0.0183. The summed E-state index contributed by atoms with van der Waals surface area (Å²) >= 11 is 0. The number of rotatable bonds is 5. The first kappa shape index (κ1) is 15.7. The standard InChI is InChI=1S/C14H18F2N2O3/c15-14(16)21-12-4-2-1-3-11(12)13(20)18-7-5-17(6-8-18)9-10-19/h1-4,14,19H,5-10H2. The first-order chi connectivity index (χ1) is 10.1. The third-order valence-corrected chi connectivity index (χ3v) is 3.41. The van der Waals surface area contributed by atoms with Crippen molar-refractivity contribution in [3.63, 3.8) is 0 Å². The maximum Gasteiger partial charge on any atom is 0.387 e. The number of ether oxygens (including phenoxy) is 1. The smallest absolute Gasteiger partial charge is 0.387 e. The lowest BCUT2D eigenvalue weighted by molar-refractivity contribution is -0.0503. The molecule has 0 unspecified atom stereocenters. The molecule has 0 aliphatic carbocycles. The van der Waals surface area contributed by atoms with Gasteiger partial charge < -0.3 is 14.7 Å². The molecule has 1 aromatic carbocycles. The second kappa shape index (κ2) is 7.33. The molecule has 1 fully saturated rings. The van der Waals surface area contributed by atoms with Crippen LogP contribution in [0.4, 0.5) is 8.78 Å². The van der Waals surface area contributed by atoms with E-state index in [1.807, 2.05) is 4.90 Å². The van der Waals surface area contributed by atoms with Crippen molar-refractivity contribution in [3.05, 3.63) is 29.8 Å². The van der Waals surface area contributed by atoms with Crippen LogP contribution in [-0.2, 0) is 0 Å². The van der Waals surface area contributed by atoms with Gasteiger partial charge in [-0.2, -0.15) is 8.78 Å². The number of halogens is 2. The zero-order valence-corrected chi connectivity index (χ0v) is 11.5. The molecule has 1 heterocycles. The number of benzene rings is 1. The Hall–Kier alpha value is -1.73. The highest BCUT2D eigenvalue weighted by molar-refractivity contribution is 5.97. The highest BCUT2D eigenvalue weighted by Gasteiger charge is 2.24. The second-order valence-corrected chi connectivity index (χ2v) is 4.73. The number of carbonyl (C=O) groups excluding carboxylic acids is 1. The van der Waals surface area contributed by atoms with Gasteiger partial charge in [0.1, 0.15) is 5.75 Å². The molecular formula is C14H18F2N2O3. The summed E-state index contributed by atoms with van der Waals surface area (Å²) in [5.74, 6) is -0.412. The first-order valence-corrected chi connectivity index (χ1v) is 6.78. The van der Waals surface area contributed by atoms with E-state index in [0.717, 1.165) is 0 Å². The minimum atomic E-state index is -2.96. The third kappa shape index (κ3) is 4.12. The lowest BCUT2D eigenvalue weighted by atomic mass is 10.1. The fourth-order valence-electron chi connectivity index (χ4n) is 2.33.